The Balaban J connectivity index is 1.11. The number of ether oxygens (including phenoxy) is 1. The molecule has 43 nitrogen and oxygen atoms in total. The minimum absolute atomic E-state index is 0.0140. The van der Waals surface area contributed by atoms with Crippen LogP contribution in [0.25, 0.3) is 21.0 Å². The van der Waals surface area contributed by atoms with Gasteiger partial charge in [-0.1, -0.05) is 101 Å². The predicted octanol–water partition coefficient (Wildman–Crippen LogP) is -2.62. The van der Waals surface area contributed by atoms with E-state index in [-0.39, 0.29) is 88.3 Å². The largest absolute Gasteiger partial charge is 0.508 e. The number of primary amides is 2. The maximum Gasteiger partial charge on any atom is 0.246 e. The molecule has 45 heteroatoms. The van der Waals surface area contributed by atoms with Crippen molar-refractivity contribution in [2.24, 2.45) is 28.9 Å². The number of amides is 17. The molecule has 0 aliphatic carbocycles. The number of aliphatic hydroxyl groups is 2. The molecule has 5 heterocycles. The van der Waals surface area contributed by atoms with E-state index in [2.05, 4.69) is 63.5 Å². The number of H-pyrrole nitrogens is 1. The molecule has 3 saturated heterocycles. The number of aryl methyl sites for hydroxylation is 1. The summed E-state index contributed by atoms with van der Waals surface area (Å²) in [6.07, 6.45) is -0.710. The van der Waals surface area contributed by atoms with Gasteiger partial charge in [0.1, 0.15) is 103 Å². The maximum absolute atomic E-state index is 15.9. The zero-order valence-corrected chi connectivity index (χ0v) is 80.1. The van der Waals surface area contributed by atoms with Crippen LogP contribution >= 0.6 is 23.1 Å². The molecule has 3 aliphatic heterocycles. The van der Waals surface area contributed by atoms with E-state index in [0.29, 0.717) is 52.2 Å². The molecule has 24 N–H and O–H groups in total. The Morgan fingerprint density at radius 2 is 1.20 bits per heavy atom. The number of fused-ring (bicyclic) bond motifs is 4. The first-order chi connectivity index (χ1) is 65.7. The molecular formula is C93H128N22O21S2. The zero-order valence-electron chi connectivity index (χ0n) is 78.4. The van der Waals surface area contributed by atoms with Crippen LogP contribution < -0.4 is 86.2 Å². The lowest BCUT2D eigenvalue weighted by atomic mass is 10.00. The quantitative estimate of drug-likeness (QED) is 0.0150. The molecule has 9 rings (SSSR count). The molecule has 0 spiro atoms. The monoisotopic (exact) mass is 1950 g/mol. The number of aliphatic hydroxyl groups excluding tert-OH is 2. The number of phenols is 1. The Morgan fingerprint density at radius 1 is 0.594 bits per heavy atom. The number of phenolic OH excluding ortho intramolecular Hbond substituents is 1. The van der Waals surface area contributed by atoms with E-state index in [0.717, 1.165) is 46.5 Å². The Bertz CT molecular complexity index is 5370. The molecule has 1 unspecified atom stereocenters. The van der Waals surface area contributed by atoms with Crippen molar-refractivity contribution in [1.82, 2.24) is 88.0 Å². The van der Waals surface area contributed by atoms with Crippen molar-refractivity contribution in [2.75, 3.05) is 78.6 Å². The summed E-state index contributed by atoms with van der Waals surface area (Å²) in [6.45, 7) is 4.68. The number of thiophene rings is 1. The third-order valence-corrected chi connectivity index (χ3v) is 26.3. The number of guanidine groups is 1. The van der Waals surface area contributed by atoms with Crippen molar-refractivity contribution in [3.63, 3.8) is 0 Å². The first-order valence-electron chi connectivity index (χ1n) is 45.8. The van der Waals surface area contributed by atoms with Crippen molar-refractivity contribution in [2.45, 2.75) is 215 Å². The summed E-state index contributed by atoms with van der Waals surface area (Å²) in [5, 5.41) is 72.6. The third-order valence-electron chi connectivity index (χ3n) is 24.3. The maximum atomic E-state index is 15.9. The minimum Gasteiger partial charge on any atom is -0.508 e. The highest BCUT2D eigenvalue weighted by atomic mass is 32.2. The van der Waals surface area contributed by atoms with Gasteiger partial charge in [-0.25, -0.2) is 0 Å². The minimum atomic E-state index is -1.91. The molecule has 3 aliphatic rings. The third kappa shape index (κ3) is 30.2. The molecule has 6 aromatic rings. The smallest absolute Gasteiger partial charge is 0.246 e. The summed E-state index contributed by atoms with van der Waals surface area (Å²) in [7, 11) is 3.81. The van der Waals surface area contributed by atoms with Gasteiger partial charge in [0.15, 0.2) is 5.96 Å². The second-order valence-corrected chi connectivity index (χ2v) is 37.1. The molecule has 17 amide bonds. The Morgan fingerprint density at radius 3 is 1.88 bits per heavy atom. The van der Waals surface area contributed by atoms with Gasteiger partial charge in [-0.15, -0.1) is 23.1 Å². The molecule has 15 atom stereocenters. The van der Waals surface area contributed by atoms with Crippen LogP contribution in [0.1, 0.15) is 121 Å². The van der Waals surface area contributed by atoms with Crippen LogP contribution in [0.3, 0.4) is 0 Å². The number of benzene rings is 4. The molecule has 748 valence electrons. The first kappa shape index (κ1) is 108. The number of hydrogen-bond donors (Lipinski definition) is 20. The van der Waals surface area contributed by atoms with Crippen molar-refractivity contribution >= 4 is 150 Å². The number of nitrogens with one attached hydrogen (secondary N) is 13. The van der Waals surface area contributed by atoms with Crippen LogP contribution in [-0.2, 0) is 101 Å². The lowest BCUT2D eigenvalue weighted by Gasteiger charge is -2.36. The molecule has 3 fully saturated rings. The van der Waals surface area contributed by atoms with Gasteiger partial charge in [0, 0.05) is 101 Å². The van der Waals surface area contributed by atoms with E-state index in [9.17, 15) is 58.5 Å². The van der Waals surface area contributed by atoms with E-state index in [1.165, 1.54) is 63.7 Å². The Kier molecular flexibility index (Phi) is 40.4. The molecule has 4 aromatic carbocycles. The Hall–Kier alpha value is -13.5. The standard InChI is InChI=1S/C93H128N22O21S2/c1-9-10-11-25-72-92(135)113(8)74(46-136-58-20-16-19-51(4)35-58)87(130)103-62(24-17-32-99-93(97)98)81(124)110-70(80(123)101-43-77(96)120)48-137-49-78(121)102-65(36-53-28-30-56(117)31-29-53)88(131)111(6)52(5)79(122)105-67(40-76(95)119)90(133)114-33-18-26-71(114)85(128)108-68(41-94)83(126)106-64(34-50(2)3)91(134)115-44-57(118)39-73(115)86(129)104-63(37-54-42-100-61-23-14-12-21-59(54)61)82(125)109-69(45-116)84(127)107-66(89(132)112(72)7)38-55-47-138-75-27-15-13-22-60(55)75/h12-16,19-23,27-31,35,42,47,50,52,57,62-74,100,116-118H,9-11,17-18,24-26,32-34,36-41,43-46,48-49,94H2,1-8H3,(H2,95,119)(H2,96,120)(H,101,123)(H,102,121)(H,103,130)(H,104,129)(H,105,122)(H,106,126)(H,107,127)(H,108,128)(H,109,125)(H,110,124)(H4,97,98,99)/t52-,57+,62-,63-,64-,65-,66-,67-,68-,69-,70-,71?,72-,73-,74-/m0/s1. The number of carbonyl (C=O) groups is 17. The second kappa shape index (κ2) is 51.6. The Labute approximate surface area is 806 Å². The number of thioether (sulfide) groups is 1. The summed E-state index contributed by atoms with van der Waals surface area (Å²) in [5.74, 6) is -18.4. The van der Waals surface area contributed by atoms with Gasteiger partial charge in [0.2, 0.25) is 100 Å². The van der Waals surface area contributed by atoms with Crippen molar-refractivity contribution in [1.29, 1.82) is 5.41 Å². The number of para-hydroxylation sites is 1. The van der Waals surface area contributed by atoms with Crippen LogP contribution in [0.15, 0.2) is 109 Å². The lowest BCUT2D eigenvalue weighted by molar-refractivity contribution is -0.150. The number of hydrogen-bond acceptors (Lipinski definition) is 25. The molecule has 138 heavy (non-hydrogen) atoms. The lowest BCUT2D eigenvalue weighted by Crippen LogP contribution is -2.62. The summed E-state index contributed by atoms with van der Waals surface area (Å²) in [5.41, 5.74) is 25.8. The van der Waals surface area contributed by atoms with E-state index in [4.69, 9.17) is 33.1 Å². The van der Waals surface area contributed by atoms with Crippen LogP contribution in [-0.4, -0.2) is 320 Å². The zero-order chi connectivity index (χ0) is 101. The summed E-state index contributed by atoms with van der Waals surface area (Å²) < 4.78 is 7.09. The number of rotatable bonds is 26. The highest BCUT2D eigenvalue weighted by molar-refractivity contribution is 8.00. The molecule has 0 bridgehead atoms. The van der Waals surface area contributed by atoms with Gasteiger partial charge in [0.05, 0.1) is 31.4 Å². The average molecular weight is 1950 g/mol. The van der Waals surface area contributed by atoms with Crippen LogP contribution in [0.4, 0.5) is 0 Å². The van der Waals surface area contributed by atoms with E-state index in [1.54, 1.807) is 93.0 Å². The highest BCUT2D eigenvalue weighted by Gasteiger charge is 2.47. The van der Waals surface area contributed by atoms with Crippen molar-refractivity contribution in [3.8, 4) is 11.5 Å². The van der Waals surface area contributed by atoms with Gasteiger partial charge in [-0.3, -0.25) is 86.9 Å². The number of aromatic amines is 1. The molecule has 2 aromatic heterocycles. The number of likely N-dealkylation sites (N-methyl/N-ethyl adjacent to an activating group) is 3. The molecular weight excluding hydrogens is 1830 g/mol. The number of carbonyl (C=O) groups excluding carboxylic acids is 17. The number of unbranched alkanes of at least 4 members (excludes halogenated alkanes) is 2. The predicted molar refractivity (Wildman–Crippen MR) is 512 cm³/mol. The van der Waals surface area contributed by atoms with Crippen LogP contribution in [0.5, 0.6) is 11.5 Å². The fourth-order valence-electron chi connectivity index (χ4n) is 16.6. The summed E-state index contributed by atoms with van der Waals surface area (Å²) in [6, 6.07) is 3.89. The van der Waals surface area contributed by atoms with E-state index in [1.807, 2.05) is 19.1 Å². The highest BCUT2D eigenvalue weighted by Crippen LogP contribution is 2.30. The summed E-state index contributed by atoms with van der Waals surface area (Å²) in [4.78, 5) is 259. The van der Waals surface area contributed by atoms with Gasteiger partial charge < -0.3 is 131 Å². The van der Waals surface area contributed by atoms with Gasteiger partial charge >= 0.3 is 0 Å². The normalized spacial score (nSPS) is 24.4. The average Bonchev–Trinajstić information content (AvgIpc) is 1.20. The molecule has 0 radical (unpaired) electrons. The SMILES string of the molecule is CCCCC[C@H]1C(=O)N(C)[C@@H](COc2cccc(C)c2)C(=O)N[C@@H](CCCNC(=N)N)C(=O)N[C@H](C(=O)NCC(N)=O)CSCC(=O)N[C@@H](Cc2ccc(O)cc2)C(=O)N(C)[C@@H](C)C(=O)N[C@@H](CC(N)=O)C(=O)N2CCCC2C(=O)N[C@@H](CN)C(=O)N[C@@H](CC(C)C)C(=O)N2C[C@H](O)C[C@H]2C(=O)N[C@@H](Cc2c[nH]c3ccccc23)C(=O)N[C@@H](CO)C(=O)N[C@@H](Cc2csc3ccccc23)C(=O)N1C. The fourth-order valence-corrected chi connectivity index (χ4v) is 18.5. The van der Waals surface area contributed by atoms with Crippen molar-refractivity contribution in [3.05, 3.63) is 131 Å². The fraction of sp³-hybridized carbons (Fsp3) is 0.505. The second-order valence-electron chi connectivity index (χ2n) is 35.2. The topological polar surface area (TPSA) is 652 Å². The van der Waals surface area contributed by atoms with Crippen LogP contribution in [0, 0.1) is 18.3 Å². The van der Waals surface area contributed by atoms with E-state index < -0.39 is 254 Å². The number of aromatic nitrogens is 1. The number of nitrogens with zero attached hydrogens (tertiary/aromatic N) is 5. The number of nitrogens with two attached hydrogens (primary N) is 4. The van der Waals surface area contributed by atoms with Crippen LogP contribution in [0.2, 0.25) is 0 Å². The van der Waals surface area contributed by atoms with E-state index >= 15 is 38.4 Å². The summed E-state index contributed by atoms with van der Waals surface area (Å²) >= 11 is 2.08. The van der Waals surface area contributed by atoms with Gasteiger partial charge in [-0.2, -0.15) is 0 Å². The van der Waals surface area contributed by atoms with Crippen molar-refractivity contribution < 1.29 is 102 Å². The van der Waals surface area contributed by atoms with Gasteiger partial charge in [-0.05, 0) is 128 Å². The first-order valence-corrected chi connectivity index (χ1v) is 47.8. The number of aromatic hydroxyl groups is 1. The molecule has 0 saturated carbocycles. The van der Waals surface area contributed by atoms with Gasteiger partial charge in [0.25, 0.3) is 0 Å².